The normalized spacial score (nSPS) is 27.0. The topological polar surface area (TPSA) is 46.2 Å². The van der Waals surface area contributed by atoms with Crippen LogP contribution in [-0.2, 0) is 9.59 Å². The first-order valence-corrected chi connectivity index (χ1v) is 4.56. The summed E-state index contributed by atoms with van der Waals surface area (Å²) in [4.78, 5) is 21.7. The van der Waals surface area contributed by atoms with Crippen LogP contribution in [0.5, 0.6) is 0 Å². The molecule has 1 atom stereocenters. The second-order valence-corrected chi connectivity index (χ2v) is 3.20. The van der Waals surface area contributed by atoms with Gasteiger partial charge in [0.1, 0.15) is 12.3 Å². The monoisotopic (exact) mass is 169 g/mol. The van der Waals surface area contributed by atoms with Gasteiger partial charge < -0.3 is 10.1 Å². The van der Waals surface area contributed by atoms with E-state index in [-0.39, 0.29) is 5.78 Å². The molecular formula is C9H15NO2. The van der Waals surface area contributed by atoms with E-state index in [1.165, 1.54) is 0 Å². The highest BCUT2D eigenvalue weighted by Crippen LogP contribution is 2.06. The summed E-state index contributed by atoms with van der Waals surface area (Å²) in [5.41, 5.74) is 0. The quantitative estimate of drug-likeness (QED) is 0.463. The Kier molecular flexibility index (Phi) is 3.94. The smallest absolute Gasteiger partial charge is 0.157 e. The summed E-state index contributed by atoms with van der Waals surface area (Å²) in [5, 5.41) is 2.94. The van der Waals surface area contributed by atoms with Crippen LogP contribution in [-0.4, -0.2) is 24.7 Å². The highest BCUT2D eigenvalue weighted by atomic mass is 16.1. The maximum Gasteiger partial charge on any atom is 0.157 e. The van der Waals surface area contributed by atoms with E-state index < -0.39 is 6.04 Å². The van der Waals surface area contributed by atoms with Gasteiger partial charge in [0.15, 0.2) is 5.78 Å². The fourth-order valence-electron chi connectivity index (χ4n) is 1.43. The number of rotatable bonds is 1. The van der Waals surface area contributed by atoms with Crippen LogP contribution < -0.4 is 5.32 Å². The van der Waals surface area contributed by atoms with Crippen molar-refractivity contribution in [2.24, 2.45) is 0 Å². The molecule has 0 aliphatic carbocycles. The predicted octanol–water partition coefficient (Wildman–Crippen LogP) is 0.677. The summed E-state index contributed by atoms with van der Waals surface area (Å²) in [6, 6.07) is -0.539. The Morgan fingerprint density at radius 2 is 2.00 bits per heavy atom. The van der Waals surface area contributed by atoms with E-state index in [1.54, 1.807) is 0 Å². The van der Waals surface area contributed by atoms with Crippen molar-refractivity contribution in [2.45, 2.75) is 38.1 Å². The molecule has 68 valence electrons. The first-order chi connectivity index (χ1) is 5.84. The number of ketones is 1. The molecule has 1 N–H and O–H groups in total. The van der Waals surface area contributed by atoms with Crippen molar-refractivity contribution in [1.82, 2.24) is 5.32 Å². The Hall–Kier alpha value is -0.700. The van der Waals surface area contributed by atoms with Crippen LogP contribution in [0.15, 0.2) is 0 Å². The van der Waals surface area contributed by atoms with E-state index >= 15 is 0 Å². The van der Waals surface area contributed by atoms with Crippen LogP contribution in [0.4, 0.5) is 0 Å². The molecule has 1 saturated heterocycles. The molecule has 1 unspecified atom stereocenters. The Balaban J connectivity index is 2.46. The standard InChI is InChI=1S/C9H15NO2/c11-7-8-9(12)5-3-1-2-4-6-10-8/h7-8,10H,1-6H2. The largest absolute Gasteiger partial charge is 0.302 e. The van der Waals surface area contributed by atoms with Crippen molar-refractivity contribution in [3.05, 3.63) is 0 Å². The lowest BCUT2D eigenvalue weighted by Gasteiger charge is -2.08. The maximum absolute atomic E-state index is 11.3. The Morgan fingerprint density at radius 1 is 1.25 bits per heavy atom. The van der Waals surface area contributed by atoms with Crippen LogP contribution in [0.3, 0.4) is 0 Å². The second-order valence-electron chi connectivity index (χ2n) is 3.20. The summed E-state index contributed by atoms with van der Waals surface area (Å²) < 4.78 is 0. The van der Waals surface area contributed by atoms with Gasteiger partial charge in [0.25, 0.3) is 0 Å². The van der Waals surface area contributed by atoms with Crippen molar-refractivity contribution in [1.29, 1.82) is 0 Å². The molecule has 0 amide bonds. The molecular weight excluding hydrogens is 154 g/mol. The number of carbonyl (C=O) groups is 2. The first-order valence-electron chi connectivity index (χ1n) is 4.56. The highest BCUT2D eigenvalue weighted by Gasteiger charge is 2.16. The molecule has 0 bridgehead atoms. The molecule has 0 saturated carbocycles. The maximum atomic E-state index is 11.3. The lowest BCUT2D eigenvalue weighted by atomic mass is 10.1. The number of carbonyl (C=O) groups excluding carboxylic acids is 2. The van der Waals surface area contributed by atoms with Crippen molar-refractivity contribution < 1.29 is 9.59 Å². The zero-order valence-electron chi connectivity index (χ0n) is 7.21. The molecule has 1 aliphatic heterocycles. The Morgan fingerprint density at radius 3 is 2.75 bits per heavy atom. The van der Waals surface area contributed by atoms with E-state index in [1.807, 2.05) is 0 Å². The fraction of sp³-hybridized carbons (Fsp3) is 0.778. The van der Waals surface area contributed by atoms with Crippen molar-refractivity contribution in [3.63, 3.8) is 0 Å². The molecule has 0 aromatic heterocycles. The highest BCUT2D eigenvalue weighted by molar-refractivity contribution is 5.97. The van der Waals surface area contributed by atoms with Crippen LogP contribution in [0.2, 0.25) is 0 Å². The molecule has 0 spiro atoms. The average Bonchev–Trinajstić information content (AvgIpc) is 2.17. The third kappa shape index (κ3) is 2.74. The van der Waals surface area contributed by atoms with Crippen LogP contribution >= 0.6 is 0 Å². The summed E-state index contributed by atoms with van der Waals surface area (Å²) in [6.07, 6.45) is 5.54. The van der Waals surface area contributed by atoms with Gasteiger partial charge >= 0.3 is 0 Å². The number of hydrogen-bond acceptors (Lipinski definition) is 3. The van der Waals surface area contributed by atoms with Gasteiger partial charge in [0, 0.05) is 6.42 Å². The minimum Gasteiger partial charge on any atom is -0.302 e. The second kappa shape index (κ2) is 5.04. The van der Waals surface area contributed by atoms with Crippen LogP contribution in [0.1, 0.15) is 32.1 Å². The minimum atomic E-state index is -0.539. The van der Waals surface area contributed by atoms with E-state index in [2.05, 4.69) is 5.32 Å². The number of nitrogens with one attached hydrogen (secondary N) is 1. The summed E-state index contributed by atoms with van der Waals surface area (Å²) in [5.74, 6) is 0.0481. The molecule has 12 heavy (non-hydrogen) atoms. The van der Waals surface area contributed by atoms with E-state index in [9.17, 15) is 9.59 Å². The predicted molar refractivity (Wildman–Crippen MR) is 45.9 cm³/mol. The molecule has 0 aromatic rings. The van der Waals surface area contributed by atoms with Gasteiger partial charge in [-0.25, -0.2) is 0 Å². The van der Waals surface area contributed by atoms with Gasteiger partial charge in [-0.3, -0.25) is 4.79 Å². The minimum absolute atomic E-state index is 0.0481. The summed E-state index contributed by atoms with van der Waals surface area (Å²) >= 11 is 0. The molecule has 1 fully saturated rings. The summed E-state index contributed by atoms with van der Waals surface area (Å²) in [7, 11) is 0. The van der Waals surface area contributed by atoms with Gasteiger partial charge in [-0.2, -0.15) is 0 Å². The zero-order chi connectivity index (χ0) is 8.81. The van der Waals surface area contributed by atoms with E-state index in [0.717, 1.165) is 32.2 Å². The third-order valence-electron chi connectivity index (χ3n) is 2.20. The van der Waals surface area contributed by atoms with Gasteiger partial charge in [0.2, 0.25) is 0 Å². The Labute approximate surface area is 72.5 Å². The first kappa shape index (κ1) is 9.39. The molecule has 1 heterocycles. The van der Waals surface area contributed by atoms with Gasteiger partial charge in [0.05, 0.1) is 0 Å². The van der Waals surface area contributed by atoms with Crippen LogP contribution in [0, 0.1) is 0 Å². The van der Waals surface area contributed by atoms with Crippen molar-refractivity contribution in [2.75, 3.05) is 6.54 Å². The fourth-order valence-corrected chi connectivity index (χ4v) is 1.43. The zero-order valence-corrected chi connectivity index (χ0v) is 7.21. The summed E-state index contributed by atoms with van der Waals surface area (Å²) in [6.45, 7) is 0.787. The third-order valence-corrected chi connectivity index (χ3v) is 2.20. The SMILES string of the molecule is O=CC1NCCCCCCC1=O. The number of Topliss-reactive ketones (excluding diaryl/α,β-unsaturated/α-hetero) is 1. The molecule has 1 rings (SSSR count). The van der Waals surface area contributed by atoms with E-state index in [4.69, 9.17) is 0 Å². The Bertz CT molecular complexity index is 168. The molecule has 0 radical (unpaired) electrons. The van der Waals surface area contributed by atoms with Gasteiger partial charge in [-0.15, -0.1) is 0 Å². The van der Waals surface area contributed by atoms with Gasteiger partial charge in [-0.1, -0.05) is 12.8 Å². The average molecular weight is 169 g/mol. The lowest BCUT2D eigenvalue weighted by molar-refractivity contribution is -0.125. The lowest BCUT2D eigenvalue weighted by Crippen LogP contribution is -2.38. The molecule has 3 heteroatoms. The van der Waals surface area contributed by atoms with E-state index in [0.29, 0.717) is 12.7 Å². The molecule has 1 aliphatic rings. The van der Waals surface area contributed by atoms with Crippen molar-refractivity contribution >= 4 is 12.1 Å². The molecule has 3 nitrogen and oxygen atoms in total. The van der Waals surface area contributed by atoms with Crippen molar-refractivity contribution in [3.8, 4) is 0 Å². The number of aldehydes is 1. The number of hydrogen-bond donors (Lipinski definition) is 1. The van der Waals surface area contributed by atoms with Crippen LogP contribution in [0.25, 0.3) is 0 Å². The van der Waals surface area contributed by atoms with Gasteiger partial charge in [-0.05, 0) is 19.4 Å². The molecule has 0 aromatic carbocycles.